The zero-order valence-electron chi connectivity index (χ0n) is 14.0. The molecule has 0 aliphatic heterocycles. The third-order valence-corrected chi connectivity index (χ3v) is 3.99. The number of nitrogens with zero attached hydrogens (tertiary/aromatic N) is 2. The summed E-state index contributed by atoms with van der Waals surface area (Å²) in [6.07, 6.45) is 0.603. The predicted molar refractivity (Wildman–Crippen MR) is 94.0 cm³/mol. The van der Waals surface area contributed by atoms with Crippen LogP contribution in [0.4, 0.5) is 4.39 Å². The van der Waals surface area contributed by atoms with E-state index in [4.69, 9.17) is 4.74 Å². The molecule has 25 heavy (non-hydrogen) atoms. The highest BCUT2D eigenvalue weighted by Crippen LogP contribution is 2.16. The van der Waals surface area contributed by atoms with Crippen LogP contribution in [0.5, 0.6) is 0 Å². The molecule has 1 amide bonds. The molecule has 0 fully saturated rings. The molecule has 0 atom stereocenters. The Morgan fingerprint density at radius 1 is 1.20 bits per heavy atom. The number of carbonyl (C=O) groups excluding carboxylic acids is 1. The first-order chi connectivity index (χ1) is 12.2. The minimum absolute atomic E-state index is 0.223. The Morgan fingerprint density at radius 3 is 2.72 bits per heavy atom. The van der Waals surface area contributed by atoms with Crippen molar-refractivity contribution in [1.29, 1.82) is 0 Å². The molecule has 0 radical (unpaired) electrons. The van der Waals surface area contributed by atoms with Crippen molar-refractivity contribution >= 4 is 16.9 Å². The quantitative estimate of drug-likeness (QED) is 0.719. The van der Waals surface area contributed by atoms with Gasteiger partial charge >= 0.3 is 0 Å². The van der Waals surface area contributed by atoms with E-state index in [1.54, 1.807) is 7.11 Å². The summed E-state index contributed by atoms with van der Waals surface area (Å²) in [6.45, 7) is 1.75. The zero-order chi connectivity index (χ0) is 17.6. The molecule has 0 aliphatic rings. The molecule has 1 heterocycles. The number of aromatic nitrogens is 2. The Balaban J connectivity index is 1.68. The van der Waals surface area contributed by atoms with E-state index in [0.717, 1.165) is 16.9 Å². The fraction of sp³-hybridized carbons (Fsp3) is 0.263. The first kappa shape index (κ1) is 17.1. The van der Waals surface area contributed by atoms with E-state index in [9.17, 15) is 9.18 Å². The molecule has 0 spiro atoms. The van der Waals surface area contributed by atoms with Crippen molar-refractivity contribution in [1.82, 2.24) is 14.9 Å². The normalized spacial score (nSPS) is 11.0. The number of para-hydroxylation sites is 2. The second-order valence-electron chi connectivity index (χ2n) is 5.67. The third kappa shape index (κ3) is 4.03. The summed E-state index contributed by atoms with van der Waals surface area (Å²) >= 11 is 0. The number of imidazole rings is 1. The number of hydrogen-bond acceptors (Lipinski definition) is 3. The average Bonchev–Trinajstić information content (AvgIpc) is 2.98. The first-order valence-electron chi connectivity index (χ1n) is 8.16. The Labute approximate surface area is 145 Å². The summed E-state index contributed by atoms with van der Waals surface area (Å²) < 4.78 is 20.2. The minimum atomic E-state index is -0.358. The lowest BCUT2D eigenvalue weighted by Crippen LogP contribution is -2.26. The Morgan fingerprint density at radius 2 is 1.96 bits per heavy atom. The molecule has 5 nitrogen and oxygen atoms in total. The number of nitrogens with one attached hydrogen (secondary N) is 1. The molecule has 0 aliphatic carbocycles. The van der Waals surface area contributed by atoms with Gasteiger partial charge in [-0.3, -0.25) is 4.79 Å². The number of benzene rings is 2. The molecule has 1 N–H and O–H groups in total. The lowest BCUT2D eigenvalue weighted by Gasteiger charge is -2.09. The van der Waals surface area contributed by atoms with Crippen molar-refractivity contribution in [2.24, 2.45) is 0 Å². The van der Waals surface area contributed by atoms with Gasteiger partial charge < -0.3 is 14.6 Å². The van der Waals surface area contributed by atoms with Gasteiger partial charge in [-0.05, 0) is 36.4 Å². The summed E-state index contributed by atoms with van der Waals surface area (Å²) in [5.74, 6) is 0.320. The van der Waals surface area contributed by atoms with Crippen molar-refractivity contribution in [3.8, 4) is 0 Å². The standard InChI is InChI=1S/C19H20FN3O2/c1-25-13-12-23-17-5-3-2-4-16(17)22-18(23)10-11-21-19(24)14-6-8-15(20)9-7-14/h2-9H,10-13H2,1H3,(H,21,24). The monoisotopic (exact) mass is 341 g/mol. The molecule has 3 rings (SSSR count). The lowest BCUT2D eigenvalue weighted by atomic mass is 10.2. The third-order valence-electron chi connectivity index (χ3n) is 3.99. The molecule has 0 unspecified atom stereocenters. The molecule has 1 aromatic heterocycles. The van der Waals surface area contributed by atoms with Gasteiger partial charge in [-0.1, -0.05) is 12.1 Å². The Kier molecular flexibility index (Phi) is 5.40. The number of fused-ring (bicyclic) bond motifs is 1. The molecule has 130 valence electrons. The van der Waals surface area contributed by atoms with Crippen molar-refractivity contribution in [3.63, 3.8) is 0 Å². The Bertz CT molecular complexity index is 859. The maximum atomic E-state index is 12.9. The molecular formula is C19H20FN3O2. The largest absolute Gasteiger partial charge is 0.383 e. The summed E-state index contributed by atoms with van der Waals surface area (Å²) in [6, 6.07) is 13.4. The van der Waals surface area contributed by atoms with E-state index in [0.29, 0.717) is 31.7 Å². The lowest BCUT2D eigenvalue weighted by molar-refractivity contribution is 0.0954. The topological polar surface area (TPSA) is 56.1 Å². The van der Waals surface area contributed by atoms with E-state index in [-0.39, 0.29) is 11.7 Å². The summed E-state index contributed by atoms with van der Waals surface area (Å²) in [4.78, 5) is 16.7. The zero-order valence-corrected chi connectivity index (χ0v) is 14.0. The van der Waals surface area contributed by atoms with E-state index >= 15 is 0 Å². The highest BCUT2D eigenvalue weighted by atomic mass is 19.1. The van der Waals surface area contributed by atoms with Gasteiger partial charge in [-0.15, -0.1) is 0 Å². The summed E-state index contributed by atoms with van der Waals surface area (Å²) in [5, 5.41) is 2.85. The minimum Gasteiger partial charge on any atom is -0.383 e. The fourth-order valence-electron chi connectivity index (χ4n) is 2.74. The fourth-order valence-corrected chi connectivity index (χ4v) is 2.74. The van der Waals surface area contributed by atoms with Crippen molar-refractivity contribution in [2.45, 2.75) is 13.0 Å². The molecular weight excluding hydrogens is 321 g/mol. The molecule has 6 heteroatoms. The predicted octanol–water partition coefficient (Wildman–Crippen LogP) is 2.79. The van der Waals surface area contributed by atoms with Crippen molar-refractivity contribution in [2.75, 3.05) is 20.3 Å². The number of ether oxygens (including phenoxy) is 1. The van der Waals surface area contributed by atoms with Crippen molar-refractivity contribution in [3.05, 3.63) is 65.7 Å². The average molecular weight is 341 g/mol. The molecule has 0 bridgehead atoms. The van der Waals surface area contributed by atoms with Crippen LogP contribution in [0.15, 0.2) is 48.5 Å². The van der Waals surface area contributed by atoms with Crippen LogP contribution in [0, 0.1) is 5.82 Å². The number of halogens is 1. The number of amides is 1. The van der Waals surface area contributed by atoms with Gasteiger partial charge in [0.1, 0.15) is 11.6 Å². The second kappa shape index (κ2) is 7.90. The van der Waals surface area contributed by atoms with Crippen molar-refractivity contribution < 1.29 is 13.9 Å². The number of hydrogen-bond donors (Lipinski definition) is 1. The maximum absolute atomic E-state index is 12.9. The van der Waals surface area contributed by atoms with Gasteiger partial charge in [0.15, 0.2) is 0 Å². The van der Waals surface area contributed by atoms with E-state index in [1.165, 1.54) is 24.3 Å². The number of rotatable bonds is 7. The van der Waals surface area contributed by atoms with Gasteiger partial charge in [0.05, 0.1) is 17.6 Å². The molecule has 2 aromatic carbocycles. The number of carbonyl (C=O) groups is 1. The highest BCUT2D eigenvalue weighted by Gasteiger charge is 2.11. The van der Waals surface area contributed by atoms with E-state index < -0.39 is 0 Å². The van der Waals surface area contributed by atoms with Crippen LogP contribution in [0.25, 0.3) is 11.0 Å². The van der Waals surface area contributed by atoms with Crippen LogP contribution in [0.2, 0.25) is 0 Å². The van der Waals surface area contributed by atoms with E-state index in [1.807, 2.05) is 24.3 Å². The van der Waals surface area contributed by atoms with Crippen LogP contribution in [0.1, 0.15) is 16.2 Å². The van der Waals surface area contributed by atoms with Gasteiger partial charge in [0.25, 0.3) is 5.91 Å². The SMILES string of the molecule is COCCn1c(CCNC(=O)c2ccc(F)cc2)nc2ccccc21. The first-order valence-corrected chi connectivity index (χ1v) is 8.16. The van der Waals surface area contributed by atoms with Gasteiger partial charge in [-0.25, -0.2) is 9.37 Å². The highest BCUT2D eigenvalue weighted by molar-refractivity contribution is 5.94. The molecule has 3 aromatic rings. The Hall–Kier alpha value is -2.73. The van der Waals surface area contributed by atoms with Crippen LogP contribution < -0.4 is 5.32 Å². The molecule has 0 saturated carbocycles. The summed E-state index contributed by atoms with van der Waals surface area (Å²) in [5.41, 5.74) is 2.42. The second-order valence-corrected chi connectivity index (χ2v) is 5.67. The summed E-state index contributed by atoms with van der Waals surface area (Å²) in [7, 11) is 1.67. The van der Waals surface area contributed by atoms with E-state index in [2.05, 4.69) is 14.9 Å². The maximum Gasteiger partial charge on any atom is 0.251 e. The van der Waals surface area contributed by atoms with Gasteiger partial charge in [0.2, 0.25) is 0 Å². The van der Waals surface area contributed by atoms with Gasteiger partial charge in [0, 0.05) is 32.2 Å². The van der Waals surface area contributed by atoms with Crippen LogP contribution in [-0.4, -0.2) is 35.7 Å². The van der Waals surface area contributed by atoms with Crippen LogP contribution in [0.3, 0.4) is 0 Å². The van der Waals surface area contributed by atoms with Crippen LogP contribution >= 0.6 is 0 Å². The smallest absolute Gasteiger partial charge is 0.251 e. The van der Waals surface area contributed by atoms with Gasteiger partial charge in [-0.2, -0.15) is 0 Å². The molecule has 0 saturated heterocycles. The number of methoxy groups -OCH3 is 1. The van der Waals surface area contributed by atoms with Crippen LogP contribution in [-0.2, 0) is 17.7 Å².